The minimum absolute atomic E-state index is 0.0961. The number of amides is 2. The Hall–Kier alpha value is -2.02. The van der Waals surface area contributed by atoms with Gasteiger partial charge in [-0.25, -0.2) is 4.79 Å². The Morgan fingerprint density at radius 3 is 2.40 bits per heavy atom. The minimum atomic E-state index is -0.0961. The van der Waals surface area contributed by atoms with Crippen LogP contribution in [0.3, 0.4) is 0 Å². The van der Waals surface area contributed by atoms with Crippen molar-refractivity contribution in [3.05, 3.63) is 35.4 Å². The Balaban J connectivity index is 1.75. The quantitative estimate of drug-likeness (QED) is 0.830. The molecule has 4 heteroatoms. The van der Waals surface area contributed by atoms with Gasteiger partial charge in [0.1, 0.15) is 0 Å². The Bertz CT molecular complexity index is 467. The maximum atomic E-state index is 11.8. The standard InChI is InChI=1S/C16H21N3O/c17-11-13-7-9-14(10-8-13)12-18-16(20)19-15-5-3-1-2-4-6-15/h7-10,15H,1-6,12H2,(H2,18,19,20). The summed E-state index contributed by atoms with van der Waals surface area (Å²) in [7, 11) is 0. The van der Waals surface area contributed by atoms with Gasteiger partial charge in [0.2, 0.25) is 0 Å². The molecule has 0 aromatic heterocycles. The first-order chi connectivity index (χ1) is 9.78. The highest BCUT2D eigenvalue weighted by molar-refractivity contribution is 5.74. The van der Waals surface area contributed by atoms with Gasteiger partial charge in [-0.15, -0.1) is 0 Å². The molecule has 1 aliphatic rings. The average Bonchev–Trinajstić information content (AvgIpc) is 2.74. The summed E-state index contributed by atoms with van der Waals surface area (Å²) in [5.41, 5.74) is 1.64. The van der Waals surface area contributed by atoms with Gasteiger partial charge < -0.3 is 10.6 Å². The molecule has 0 spiro atoms. The largest absolute Gasteiger partial charge is 0.335 e. The normalized spacial score (nSPS) is 15.9. The molecule has 0 saturated heterocycles. The lowest BCUT2D eigenvalue weighted by Gasteiger charge is -2.16. The van der Waals surface area contributed by atoms with Crippen molar-refractivity contribution in [2.75, 3.05) is 0 Å². The van der Waals surface area contributed by atoms with Crippen LogP contribution in [0.15, 0.2) is 24.3 Å². The maximum Gasteiger partial charge on any atom is 0.315 e. The van der Waals surface area contributed by atoms with Crippen LogP contribution in [-0.4, -0.2) is 12.1 Å². The first-order valence-corrected chi connectivity index (χ1v) is 7.31. The number of nitrogens with zero attached hydrogens (tertiary/aromatic N) is 1. The van der Waals surface area contributed by atoms with E-state index in [1.54, 1.807) is 12.1 Å². The zero-order valence-corrected chi connectivity index (χ0v) is 11.7. The summed E-state index contributed by atoms with van der Waals surface area (Å²) in [6.45, 7) is 0.490. The highest BCUT2D eigenvalue weighted by Crippen LogP contribution is 2.17. The number of nitrogens with one attached hydrogen (secondary N) is 2. The fourth-order valence-electron chi connectivity index (χ4n) is 2.54. The lowest BCUT2D eigenvalue weighted by Crippen LogP contribution is -2.41. The molecule has 1 saturated carbocycles. The second-order valence-electron chi connectivity index (χ2n) is 5.32. The molecule has 2 amide bonds. The molecular weight excluding hydrogens is 250 g/mol. The smallest absolute Gasteiger partial charge is 0.315 e. The summed E-state index contributed by atoms with van der Waals surface area (Å²) >= 11 is 0. The van der Waals surface area contributed by atoms with E-state index in [2.05, 4.69) is 16.7 Å². The first kappa shape index (κ1) is 14.4. The third-order valence-corrected chi connectivity index (χ3v) is 3.73. The third kappa shape index (κ3) is 4.58. The molecule has 0 unspecified atom stereocenters. The van der Waals surface area contributed by atoms with Gasteiger partial charge >= 0.3 is 6.03 Å². The van der Waals surface area contributed by atoms with Crippen LogP contribution < -0.4 is 10.6 Å². The number of nitriles is 1. The van der Waals surface area contributed by atoms with Gasteiger partial charge in [-0.3, -0.25) is 0 Å². The predicted octanol–water partition coefficient (Wildman–Crippen LogP) is 3.08. The van der Waals surface area contributed by atoms with E-state index >= 15 is 0 Å². The highest BCUT2D eigenvalue weighted by atomic mass is 16.2. The van der Waals surface area contributed by atoms with Crippen LogP contribution in [0.2, 0.25) is 0 Å². The Morgan fingerprint density at radius 1 is 1.15 bits per heavy atom. The number of carbonyl (C=O) groups excluding carboxylic acids is 1. The summed E-state index contributed by atoms with van der Waals surface area (Å²) < 4.78 is 0. The van der Waals surface area contributed by atoms with Crippen molar-refractivity contribution in [2.24, 2.45) is 0 Å². The average molecular weight is 271 g/mol. The second-order valence-corrected chi connectivity index (χ2v) is 5.32. The molecule has 2 rings (SSSR count). The molecule has 0 bridgehead atoms. The van der Waals surface area contributed by atoms with Crippen molar-refractivity contribution in [3.8, 4) is 6.07 Å². The van der Waals surface area contributed by atoms with Crippen molar-refractivity contribution in [2.45, 2.75) is 51.1 Å². The van der Waals surface area contributed by atoms with Gasteiger partial charge in [0, 0.05) is 12.6 Å². The van der Waals surface area contributed by atoms with E-state index < -0.39 is 0 Å². The molecule has 2 N–H and O–H groups in total. The predicted molar refractivity (Wildman–Crippen MR) is 78.0 cm³/mol. The summed E-state index contributed by atoms with van der Waals surface area (Å²) in [5.74, 6) is 0. The van der Waals surface area contributed by atoms with Crippen molar-refractivity contribution in [3.63, 3.8) is 0 Å². The van der Waals surface area contributed by atoms with Gasteiger partial charge in [0.05, 0.1) is 11.6 Å². The summed E-state index contributed by atoms with van der Waals surface area (Å²) in [5, 5.41) is 14.6. The fourth-order valence-corrected chi connectivity index (χ4v) is 2.54. The van der Waals surface area contributed by atoms with Gasteiger partial charge in [-0.05, 0) is 30.5 Å². The zero-order valence-electron chi connectivity index (χ0n) is 11.7. The summed E-state index contributed by atoms with van der Waals surface area (Å²) in [6, 6.07) is 9.56. The SMILES string of the molecule is N#Cc1ccc(CNC(=O)NC2CCCCCC2)cc1. The van der Waals surface area contributed by atoms with Crippen LogP contribution >= 0.6 is 0 Å². The van der Waals surface area contributed by atoms with Gasteiger partial charge in [-0.2, -0.15) is 5.26 Å². The number of hydrogen-bond acceptors (Lipinski definition) is 2. The molecule has 0 aliphatic heterocycles. The van der Waals surface area contributed by atoms with Gasteiger partial charge in [0.15, 0.2) is 0 Å². The first-order valence-electron chi connectivity index (χ1n) is 7.31. The van der Waals surface area contributed by atoms with E-state index in [-0.39, 0.29) is 6.03 Å². The number of rotatable bonds is 3. The number of carbonyl (C=O) groups is 1. The lowest BCUT2D eigenvalue weighted by atomic mass is 10.1. The van der Waals surface area contributed by atoms with Crippen molar-refractivity contribution >= 4 is 6.03 Å². The zero-order chi connectivity index (χ0) is 14.2. The van der Waals surface area contributed by atoms with Crippen molar-refractivity contribution in [1.82, 2.24) is 10.6 Å². The minimum Gasteiger partial charge on any atom is -0.335 e. The summed E-state index contributed by atoms with van der Waals surface area (Å²) in [6.07, 6.45) is 7.16. The molecule has 0 atom stereocenters. The van der Waals surface area contributed by atoms with Crippen LogP contribution in [0.4, 0.5) is 4.79 Å². The highest BCUT2D eigenvalue weighted by Gasteiger charge is 2.14. The topological polar surface area (TPSA) is 64.9 Å². The molecule has 1 aromatic rings. The fraction of sp³-hybridized carbons (Fsp3) is 0.500. The Morgan fingerprint density at radius 2 is 1.80 bits per heavy atom. The van der Waals surface area contributed by atoms with Crippen molar-refractivity contribution < 1.29 is 4.79 Å². The molecule has 0 radical (unpaired) electrons. The third-order valence-electron chi connectivity index (χ3n) is 3.73. The van der Waals surface area contributed by atoms with Crippen LogP contribution in [-0.2, 0) is 6.54 Å². The van der Waals surface area contributed by atoms with E-state index in [0.29, 0.717) is 18.2 Å². The summed E-state index contributed by atoms with van der Waals surface area (Å²) in [4.78, 5) is 11.8. The van der Waals surface area contributed by atoms with Crippen LogP contribution in [0, 0.1) is 11.3 Å². The van der Waals surface area contributed by atoms with Crippen LogP contribution in [0.1, 0.15) is 49.7 Å². The van der Waals surface area contributed by atoms with Crippen LogP contribution in [0.5, 0.6) is 0 Å². The molecule has 1 aliphatic carbocycles. The molecule has 106 valence electrons. The number of hydrogen-bond donors (Lipinski definition) is 2. The van der Waals surface area contributed by atoms with Crippen molar-refractivity contribution in [1.29, 1.82) is 5.26 Å². The second kappa shape index (κ2) is 7.54. The van der Waals surface area contributed by atoms with E-state index in [1.807, 2.05) is 12.1 Å². The van der Waals surface area contributed by atoms with Crippen LogP contribution in [0.25, 0.3) is 0 Å². The Labute approximate surface area is 120 Å². The molecule has 4 nitrogen and oxygen atoms in total. The van der Waals surface area contributed by atoms with Gasteiger partial charge in [0.25, 0.3) is 0 Å². The maximum absolute atomic E-state index is 11.8. The van der Waals surface area contributed by atoms with Gasteiger partial charge in [-0.1, -0.05) is 37.8 Å². The Kier molecular flexibility index (Phi) is 5.43. The van der Waals surface area contributed by atoms with E-state index in [1.165, 1.54) is 25.7 Å². The molecule has 0 heterocycles. The molecule has 1 aromatic carbocycles. The number of urea groups is 1. The molecule has 20 heavy (non-hydrogen) atoms. The molecule has 1 fully saturated rings. The lowest BCUT2D eigenvalue weighted by molar-refractivity contribution is 0.235. The molecular formula is C16H21N3O. The number of benzene rings is 1. The van der Waals surface area contributed by atoms with E-state index in [4.69, 9.17) is 5.26 Å². The monoisotopic (exact) mass is 271 g/mol. The van der Waals surface area contributed by atoms with E-state index in [0.717, 1.165) is 18.4 Å². The van der Waals surface area contributed by atoms with E-state index in [9.17, 15) is 4.79 Å².